The zero-order valence-electron chi connectivity index (χ0n) is 5.04. The second kappa shape index (κ2) is 1.50. The van der Waals surface area contributed by atoms with Gasteiger partial charge in [0.1, 0.15) is 5.76 Å². The summed E-state index contributed by atoms with van der Waals surface area (Å²) < 4.78 is 0. The second-order valence-electron chi connectivity index (χ2n) is 2.28. The van der Waals surface area contributed by atoms with Gasteiger partial charge in [0.2, 0.25) is 0 Å². The van der Waals surface area contributed by atoms with Gasteiger partial charge in [-0.2, -0.15) is 0 Å². The third-order valence-electron chi connectivity index (χ3n) is 1.69. The van der Waals surface area contributed by atoms with Crippen molar-refractivity contribution in [3.8, 4) is 0 Å². The molecule has 0 fully saturated rings. The summed E-state index contributed by atoms with van der Waals surface area (Å²) in [6.45, 7) is 1.81. The normalized spacial score (nSPS) is 23.8. The predicted octanol–water partition coefficient (Wildman–Crippen LogP) is 0.504. The van der Waals surface area contributed by atoms with Crippen LogP contribution >= 0.6 is 0 Å². The molecule has 0 radical (unpaired) electrons. The Morgan fingerprint density at radius 3 is 3.33 bits per heavy atom. The predicted molar refractivity (Wildman–Crippen MR) is 34.3 cm³/mol. The maximum atomic E-state index is 9.12. The Morgan fingerprint density at radius 2 is 2.56 bits per heavy atom. The smallest absolute Gasteiger partial charge is 0.166 e. The number of rotatable bonds is 0. The van der Waals surface area contributed by atoms with Crippen LogP contribution in [0.2, 0.25) is 0 Å². The number of fused-ring (bicyclic) bond motifs is 1. The van der Waals surface area contributed by atoms with Gasteiger partial charge in [-0.05, 0) is 0 Å². The van der Waals surface area contributed by atoms with Gasteiger partial charge in [0.15, 0.2) is 5.82 Å². The molecule has 2 heterocycles. The molecule has 0 spiro atoms. The van der Waals surface area contributed by atoms with Crippen molar-refractivity contribution in [3.05, 3.63) is 11.6 Å². The van der Waals surface area contributed by atoms with Crippen molar-refractivity contribution < 1.29 is 5.11 Å². The van der Waals surface area contributed by atoms with Crippen LogP contribution in [0.4, 0.5) is 0 Å². The van der Waals surface area contributed by atoms with Crippen LogP contribution < -0.4 is 0 Å². The highest BCUT2D eigenvalue weighted by Gasteiger charge is 2.23. The lowest BCUT2D eigenvalue weighted by Crippen LogP contribution is -2.15. The fourth-order valence-corrected chi connectivity index (χ4v) is 1.20. The van der Waals surface area contributed by atoms with E-state index in [-0.39, 0.29) is 0 Å². The SMILES string of the molecule is OC1=C2N=CCN2CC1. The molecule has 3 nitrogen and oxygen atoms in total. The van der Waals surface area contributed by atoms with E-state index in [1.165, 1.54) is 0 Å². The van der Waals surface area contributed by atoms with E-state index in [2.05, 4.69) is 9.89 Å². The van der Waals surface area contributed by atoms with Crippen LogP contribution in [0.5, 0.6) is 0 Å². The van der Waals surface area contributed by atoms with Gasteiger partial charge in [-0.15, -0.1) is 0 Å². The van der Waals surface area contributed by atoms with Crippen LogP contribution in [0.1, 0.15) is 6.42 Å². The lowest BCUT2D eigenvalue weighted by molar-refractivity contribution is 0.395. The number of hydrogen-bond acceptors (Lipinski definition) is 3. The van der Waals surface area contributed by atoms with Crippen LogP contribution in [-0.2, 0) is 0 Å². The minimum Gasteiger partial charge on any atom is -0.508 e. The molecule has 0 bridgehead atoms. The largest absolute Gasteiger partial charge is 0.508 e. The van der Waals surface area contributed by atoms with Gasteiger partial charge < -0.3 is 10.0 Å². The summed E-state index contributed by atoms with van der Waals surface area (Å²) in [5, 5.41) is 9.12. The second-order valence-corrected chi connectivity index (χ2v) is 2.28. The lowest BCUT2D eigenvalue weighted by atomic mass is 10.4. The molecular weight excluding hydrogens is 116 g/mol. The van der Waals surface area contributed by atoms with Gasteiger partial charge in [-0.1, -0.05) is 0 Å². The molecule has 9 heavy (non-hydrogen) atoms. The summed E-state index contributed by atoms with van der Waals surface area (Å²) >= 11 is 0. The minimum absolute atomic E-state index is 0.448. The van der Waals surface area contributed by atoms with Crippen molar-refractivity contribution in [2.24, 2.45) is 4.99 Å². The number of aliphatic hydroxyl groups excluding tert-OH is 1. The molecule has 0 saturated carbocycles. The summed E-state index contributed by atoms with van der Waals surface area (Å²) in [7, 11) is 0. The van der Waals surface area contributed by atoms with Crippen LogP contribution in [0.15, 0.2) is 16.6 Å². The third-order valence-corrected chi connectivity index (χ3v) is 1.69. The topological polar surface area (TPSA) is 35.8 Å². The van der Waals surface area contributed by atoms with Crippen LogP contribution in [0, 0.1) is 0 Å². The summed E-state index contributed by atoms with van der Waals surface area (Å²) in [4.78, 5) is 6.07. The third kappa shape index (κ3) is 0.542. The van der Waals surface area contributed by atoms with Crippen molar-refractivity contribution in [1.82, 2.24) is 4.90 Å². The van der Waals surface area contributed by atoms with Gasteiger partial charge in [0.25, 0.3) is 0 Å². The standard InChI is InChI=1S/C6H8N2O/c9-5-1-3-8-4-2-7-6(5)8/h2,9H,1,3-4H2. The molecule has 2 aliphatic heterocycles. The minimum atomic E-state index is 0.448. The monoisotopic (exact) mass is 124 g/mol. The molecule has 0 aliphatic carbocycles. The maximum Gasteiger partial charge on any atom is 0.166 e. The van der Waals surface area contributed by atoms with Gasteiger partial charge >= 0.3 is 0 Å². The van der Waals surface area contributed by atoms with Crippen LogP contribution in [-0.4, -0.2) is 29.3 Å². The van der Waals surface area contributed by atoms with E-state index in [0.29, 0.717) is 5.76 Å². The van der Waals surface area contributed by atoms with Crippen molar-refractivity contribution in [2.75, 3.05) is 13.1 Å². The van der Waals surface area contributed by atoms with Gasteiger partial charge in [0.05, 0.1) is 6.54 Å². The van der Waals surface area contributed by atoms with Gasteiger partial charge in [-0.25, -0.2) is 4.99 Å². The van der Waals surface area contributed by atoms with E-state index in [9.17, 15) is 0 Å². The average Bonchev–Trinajstić information content (AvgIpc) is 2.35. The number of aliphatic hydroxyl groups is 1. The highest BCUT2D eigenvalue weighted by Crippen LogP contribution is 2.23. The first kappa shape index (κ1) is 4.85. The van der Waals surface area contributed by atoms with Crippen molar-refractivity contribution >= 4 is 6.21 Å². The quantitative estimate of drug-likeness (QED) is 0.510. The summed E-state index contributed by atoms with van der Waals surface area (Å²) in [6, 6.07) is 0. The first-order valence-corrected chi connectivity index (χ1v) is 3.07. The van der Waals surface area contributed by atoms with E-state index in [1.54, 1.807) is 0 Å². The molecule has 0 aromatic carbocycles. The Kier molecular flexibility index (Phi) is 0.806. The molecule has 0 aromatic heterocycles. The van der Waals surface area contributed by atoms with Gasteiger partial charge in [-0.3, -0.25) is 0 Å². The van der Waals surface area contributed by atoms with E-state index < -0.39 is 0 Å². The molecule has 0 unspecified atom stereocenters. The average molecular weight is 124 g/mol. The van der Waals surface area contributed by atoms with Crippen molar-refractivity contribution in [3.63, 3.8) is 0 Å². The summed E-state index contributed by atoms with van der Waals surface area (Å²) in [5.41, 5.74) is 0. The molecule has 1 N–H and O–H groups in total. The molecule has 48 valence electrons. The Hall–Kier alpha value is -0.990. The number of aliphatic imine (C=N–C) groups is 1. The van der Waals surface area contributed by atoms with E-state index in [1.807, 2.05) is 6.21 Å². The molecule has 0 aromatic rings. The fourth-order valence-electron chi connectivity index (χ4n) is 1.20. The van der Waals surface area contributed by atoms with Crippen molar-refractivity contribution in [2.45, 2.75) is 6.42 Å². The Bertz CT molecular complexity index is 195. The molecule has 0 amide bonds. The molecule has 2 rings (SSSR count). The molecular formula is C6H8N2O. The highest BCUT2D eigenvalue weighted by atomic mass is 16.3. The number of nitrogens with zero attached hydrogens (tertiary/aromatic N) is 2. The van der Waals surface area contributed by atoms with E-state index in [0.717, 1.165) is 25.3 Å². The first-order chi connectivity index (χ1) is 4.38. The Morgan fingerprint density at radius 1 is 1.67 bits per heavy atom. The Labute approximate surface area is 53.3 Å². The highest BCUT2D eigenvalue weighted by molar-refractivity contribution is 5.65. The van der Waals surface area contributed by atoms with Crippen LogP contribution in [0.25, 0.3) is 0 Å². The van der Waals surface area contributed by atoms with Gasteiger partial charge in [0, 0.05) is 19.2 Å². The zero-order chi connectivity index (χ0) is 6.27. The molecule has 0 saturated heterocycles. The maximum absolute atomic E-state index is 9.12. The molecule has 3 heteroatoms. The first-order valence-electron chi connectivity index (χ1n) is 3.07. The lowest BCUT2D eigenvalue weighted by Gasteiger charge is -2.08. The molecule has 0 atom stereocenters. The van der Waals surface area contributed by atoms with Crippen molar-refractivity contribution in [1.29, 1.82) is 0 Å². The number of hydrogen-bond donors (Lipinski definition) is 1. The summed E-state index contributed by atoms with van der Waals surface area (Å²) in [6.07, 6.45) is 2.59. The Balaban J connectivity index is 2.37. The summed E-state index contributed by atoms with van der Waals surface area (Å²) in [5.74, 6) is 1.23. The van der Waals surface area contributed by atoms with E-state index >= 15 is 0 Å². The molecule has 2 aliphatic rings. The van der Waals surface area contributed by atoms with E-state index in [4.69, 9.17) is 5.11 Å². The fraction of sp³-hybridized carbons (Fsp3) is 0.500. The zero-order valence-corrected chi connectivity index (χ0v) is 5.04. The van der Waals surface area contributed by atoms with Crippen LogP contribution in [0.3, 0.4) is 0 Å².